The van der Waals surface area contributed by atoms with Crippen LogP contribution in [0.5, 0.6) is 0 Å². The molecule has 39 heteroatoms. The molecular formula is C70H125IN8O30. The van der Waals surface area contributed by atoms with E-state index in [1.165, 1.54) is 20.8 Å². The number of carbonyl (C=O) groups is 8. The van der Waals surface area contributed by atoms with E-state index in [4.69, 9.17) is 61.6 Å². The zero-order valence-corrected chi connectivity index (χ0v) is 66.2. The Morgan fingerprint density at radius 3 is 1.04 bits per heavy atom. The van der Waals surface area contributed by atoms with E-state index in [1.54, 1.807) is 0 Å². The molecule has 38 nitrogen and oxygen atoms in total. The summed E-state index contributed by atoms with van der Waals surface area (Å²) in [6, 6.07) is -3.36. The second-order valence-corrected chi connectivity index (χ2v) is 30.9. The third-order valence-corrected chi connectivity index (χ3v) is 19.3. The van der Waals surface area contributed by atoms with Crippen LogP contribution in [0.15, 0.2) is 0 Å². The topological polar surface area (TPSA) is 535 Å². The average Bonchev–Trinajstić information content (AvgIpc) is 0.818. The fourth-order valence-corrected chi connectivity index (χ4v) is 13.9. The molecule has 0 aromatic carbocycles. The van der Waals surface area contributed by atoms with Crippen LogP contribution in [0.4, 0.5) is 0 Å². The molecule has 0 aromatic rings. The van der Waals surface area contributed by atoms with E-state index in [9.17, 15) is 84.3 Å². The quantitative estimate of drug-likeness (QED) is 0.0154. The lowest BCUT2D eigenvalue weighted by Gasteiger charge is -2.42. The van der Waals surface area contributed by atoms with E-state index in [0.29, 0.717) is 17.1 Å². The van der Waals surface area contributed by atoms with Crippen molar-refractivity contribution in [3.8, 4) is 0 Å². The summed E-state index contributed by atoms with van der Waals surface area (Å²) < 4.78 is 74.2. The Morgan fingerprint density at radius 1 is 0.404 bits per heavy atom. The number of aliphatic hydroxyl groups is 9. The van der Waals surface area contributed by atoms with Gasteiger partial charge in [-0.25, -0.2) is 0 Å². The summed E-state index contributed by atoms with van der Waals surface area (Å²) >= 11 is 2.43. The van der Waals surface area contributed by atoms with Crippen molar-refractivity contribution in [2.75, 3.05) is 152 Å². The average molecular weight is 1690 g/mol. The second kappa shape index (κ2) is 52.2. The summed E-state index contributed by atoms with van der Waals surface area (Å²) in [6.45, 7) is 12.3. The molecule has 17 N–H and O–H groups in total. The van der Waals surface area contributed by atoms with Crippen LogP contribution in [0, 0.1) is 10.8 Å². The highest BCUT2D eigenvalue weighted by molar-refractivity contribution is 14.1. The number of ether oxygens (including phenoxy) is 13. The van der Waals surface area contributed by atoms with Crippen LogP contribution in [0.1, 0.15) is 126 Å². The molecule has 3 aliphatic heterocycles. The van der Waals surface area contributed by atoms with Crippen molar-refractivity contribution < 1.29 is 146 Å². The molecule has 15 unspecified atom stereocenters. The van der Waals surface area contributed by atoms with Crippen LogP contribution in [-0.4, -0.2) is 352 Å². The van der Waals surface area contributed by atoms with Crippen molar-refractivity contribution in [1.29, 1.82) is 0 Å². The second-order valence-electron chi connectivity index (χ2n) is 29.1. The predicted octanol–water partition coefficient (Wildman–Crippen LogP) is -4.78. The largest absolute Gasteiger partial charge is 0.394 e. The lowest BCUT2D eigenvalue weighted by molar-refractivity contribution is -0.272. The standard InChI is InChI=1S/C70H125IN8O30/c1-43(83)76-56-62(94)59(91)48(37-80)107-65(56)103-32-29-100-26-23-97-20-17-72-52(87)11-14-70(79-55(90)10-8-9-51(86)75-41-68(4,5)40-69(6,7)42-106-47-35-46(71)36-47,15-12-53(88)73-18-21-98-24-27-101-30-33-104-66-57(77-44(2)84)63(95)60(92)49(38-81)108-66)16-13-54(89)74-19-22-99-25-28-102-31-34-105-67-58(78-45(3)85)64(96)61(93)50(39-82)109-67/h46-50,56-67,80-82,91-96H,8-42H2,1-7H3,(H,72,87)(H,73,88)(H,74,89)(H,75,86)(H,76,83)(H,77,84)(H,78,85)(H,79,90). The summed E-state index contributed by atoms with van der Waals surface area (Å²) in [4.78, 5) is 104. The number of rotatable bonds is 57. The van der Waals surface area contributed by atoms with Gasteiger partial charge >= 0.3 is 0 Å². The van der Waals surface area contributed by atoms with Gasteiger partial charge in [0.25, 0.3) is 0 Å². The summed E-state index contributed by atoms with van der Waals surface area (Å²) in [5.41, 5.74) is -1.76. The fraction of sp³-hybridized carbons (Fsp3) is 0.886. The molecule has 632 valence electrons. The Morgan fingerprint density at radius 2 is 0.716 bits per heavy atom. The van der Waals surface area contributed by atoms with E-state index < -0.39 is 159 Å². The molecule has 1 saturated carbocycles. The van der Waals surface area contributed by atoms with Crippen molar-refractivity contribution in [3.05, 3.63) is 0 Å². The van der Waals surface area contributed by atoms with E-state index in [2.05, 4.69) is 92.8 Å². The number of aliphatic hydroxyl groups excluding tert-OH is 9. The molecule has 0 radical (unpaired) electrons. The molecule has 0 spiro atoms. The van der Waals surface area contributed by atoms with Crippen LogP contribution in [0.2, 0.25) is 0 Å². The van der Waals surface area contributed by atoms with Gasteiger partial charge in [-0.2, -0.15) is 0 Å². The molecule has 3 heterocycles. The number of hydrogen-bond acceptors (Lipinski definition) is 30. The smallest absolute Gasteiger partial charge is 0.220 e. The van der Waals surface area contributed by atoms with Gasteiger partial charge in [0.05, 0.1) is 132 Å². The highest BCUT2D eigenvalue weighted by Gasteiger charge is 2.48. The minimum absolute atomic E-state index is 0.0231. The van der Waals surface area contributed by atoms with Crippen LogP contribution in [0.25, 0.3) is 0 Å². The Kier molecular flexibility index (Phi) is 46.4. The van der Waals surface area contributed by atoms with E-state index in [0.717, 1.165) is 19.3 Å². The van der Waals surface area contributed by atoms with Crippen LogP contribution in [-0.2, 0) is 99.9 Å². The maximum atomic E-state index is 14.2. The zero-order valence-electron chi connectivity index (χ0n) is 64.0. The summed E-state index contributed by atoms with van der Waals surface area (Å²) in [5, 5.41) is 113. The maximum absolute atomic E-state index is 14.2. The van der Waals surface area contributed by atoms with Gasteiger partial charge in [0, 0.05) is 88.5 Å². The zero-order chi connectivity index (χ0) is 80.5. The maximum Gasteiger partial charge on any atom is 0.220 e. The summed E-state index contributed by atoms with van der Waals surface area (Å²) in [7, 11) is 0. The number of alkyl halides is 1. The first-order valence-corrected chi connectivity index (χ1v) is 38.7. The minimum atomic E-state index is -1.48. The molecule has 3 saturated heterocycles. The van der Waals surface area contributed by atoms with Gasteiger partial charge in [-0.1, -0.05) is 50.3 Å². The van der Waals surface area contributed by atoms with Crippen molar-refractivity contribution in [1.82, 2.24) is 42.5 Å². The molecule has 4 rings (SSSR count). The summed E-state index contributed by atoms with van der Waals surface area (Å²) in [5.74, 6) is -3.55. The molecule has 8 amide bonds. The normalized spacial score (nSPS) is 27.0. The predicted molar refractivity (Wildman–Crippen MR) is 392 cm³/mol. The Bertz CT molecular complexity index is 2450. The Hall–Kier alpha value is -4.39. The number of nitrogens with one attached hydrogen (secondary N) is 8. The minimum Gasteiger partial charge on any atom is -0.394 e. The van der Waals surface area contributed by atoms with Crippen LogP contribution in [0.3, 0.4) is 0 Å². The third kappa shape index (κ3) is 38.1. The van der Waals surface area contributed by atoms with E-state index >= 15 is 0 Å². The van der Waals surface area contributed by atoms with Crippen LogP contribution < -0.4 is 42.5 Å². The highest BCUT2D eigenvalue weighted by Crippen LogP contribution is 2.37. The lowest BCUT2D eigenvalue weighted by Crippen LogP contribution is -2.64. The first-order chi connectivity index (χ1) is 51.8. The molecule has 15 atom stereocenters. The highest BCUT2D eigenvalue weighted by atomic mass is 127. The molecular weight excluding hydrogens is 1560 g/mol. The van der Waals surface area contributed by atoms with Crippen molar-refractivity contribution in [3.63, 3.8) is 0 Å². The van der Waals surface area contributed by atoms with Gasteiger partial charge in [-0.05, 0) is 55.8 Å². The van der Waals surface area contributed by atoms with Crippen molar-refractivity contribution in [2.24, 2.45) is 10.8 Å². The lowest BCUT2D eigenvalue weighted by atomic mass is 9.75. The first kappa shape index (κ1) is 97.0. The Balaban J connectivity index is 1.35. The third-order valence-electron chi connectivity index (χ3n) is 18.3. The van der Waals surface area contributed by atoms with Gasteiger partial charge in [0.2, 0.25) is 47.3 Å². The summed E-state index contributed by atoms with van der Waals surface area (Å²) in [6.07, 6.45) is -13.4. The monoisotopic (exact) mass is 1680 g/mol. The number of halogens is 1. The fourth-order valence-electron chi connectivity index (χ4n) is 12.7. The molecule has 109 heavy (non-hydrogen) atoms. The van der Waals surface area contributed by atoms with Crippen molar-refractivity contribution in [2.45, 2.75) is 233 Å². The molecule has 0 bridgehead atoms. The van der Waals surface area contributed by atoms with Gasteiger partial charge < -0.3 is 150 Å². The van der Waals surface area contributed by atoms with Gasteiger partial charge in [-0.15, -0.1) is 0 Å². The van der Waals surface area contributed by atoms with Crippen molar-refractivity contribution >= 4 is 69.8 Å². The molecule has 0 aromatic heterocycles. The molecule has 4 aliphatic rings. The van der Waals surface area contributed by atoms with Gasteiger partial charge in [0.15, 0.2) is 18.9 Å². The number of hydrogen-bond donors (Lipinski definition) is 17. The van der Waals surface area contributed by atoms with Gasteiger partial charge in [-0.3, -0.25) is 38.4 Å². The van der Waals surface area contributed by atoms with Gasteiger partial charge in [0.1, 0.15) is 73.1 Å². The number of amides is 8. The van der Waals surface area contributed by atoms with Crippen LogP contribution >= 0.6 is 22.6 Å². The van der Waals surface area contributed by atoms with E-state index in [-0.39, 0.29) is 199 Å². The molecule has 4 fully saturated rings. The Labute approximate surface area is 650 Å². The SMILES string of the molecule is CC(=O)NC1C(OCCOCCOCCNC(=O)CCC(CCC(=O)NCCOCCOCCOC2OC(CO)C(O)C(O)C2NC(C)=O)(CCC(=O)NCCOCCOCCOC2OC(CO)C(O)C(O)C2NC(C)=O)NC(=O)CCCC(=O)NCC(C)(C)CC(C)(C)COC2CC(I)C2)OC(CO)C(O)C1O. The van der Waals surface area contributed by atoms with E-state index in [1.807, 2.05) is 0 Å². The first-order valence-electron chi connectivity index (χ1n) is 37.5. The number of carbonyl (C=O) groups excluding carboxylic acids is 8. The molecule has 1 aliphatic carbocycles.